The molecule has 0 atom stereocenters. The number of aryl methyl sites for hydroxylation is 2. The Hall–Kier alpha value is -1.81. The van der Waals surface area contributed by atoms with Crippen LogP contribution in [0.25, 0.3) is 0 Å². The monoisotopic (exact) mass is 276 g/mol. The molecule has 0 heterocycles. The van der Waals surface area contributed by atoms with Gasteiger partial charge in [0.1, 0.15) is 0 Å². The first-order valence-corrected chi connectivity index (χ1v) is 7.05. The Bertz CT molecular complexity index is 458. The van der Waals surface area contributed by atoms with E-state index in [2.05, 4.69) is 31.8 Å². The molecule has 0 radical (unpaired) electrons. The number of anilines is 1. The average molecular weight is 276 g/mol. The van der Waals surface area contributed by atoms with Gasteiger partial charge < -0.3 is 15.3 Å². The zero-order valence-corrected chi connectivity index (χ0v) is 12.4. The van der Waals surface area contributed by atoms with Crippen LogP contribution in [0.5, 0.6) is 0 Å². The second-order valence-electron chi connectivity index (χ2n) is 4.58. The summed E-state index contributed by atoms with van der Waals surface area (Å²) in [4.78, 5) is 13.6. The molecule has 1 rings (SSSR count). The van der Waals surface area contributed by atoms with Crippen LogP contribution in [0.3, 0.4) is 0 Å². The first-order chi connectivity index (χ1) is 9.65. The molecule has 0 fully saturated rings. The van der Waals surface area contributed by atoms with Crippen molar-refractivity contribution in [3.05, 3.63) is 42.0 Å². The summed E-state index contributed by atoms with van der Waals surface area (Å²) in [6, 6.07) is 5.77. The fourth-order valence-corrected chi connectivity index (χ4v) is 2.13. The molecule has 4 heteroatoms. The quantitative estimate of drug-likeness (QED) is 0.752. The third-order valence-corrected chi connectivity index (χ3v) is 3.23. The normalized spacial score (nSPS) is 10.2. The number of nitrogens with one attached hydrogen (secondary N) is 1. The molecule has 0 aliphatic carbocycles. The van der Waals surface area contributed by atoms with Gasteiger partial charge in [0.25, 0.3) is 0 Å². The summed E-state index contributed by atoms with van der Waals surface area (Å²) in [7, 11) is 0. The molecule has 4 nitrogen and oxygen atoms in total. The minimum Gasteiger partial charge on any atom is -0.395 e. The maximum atomic E-state index is 12.1. The molecule has 20 heavy (non-hydrogen) atoms. The van der Waals surface area contributed by atoms with Crippen LogP contribution in [0.2, 0.25) is 0 Å². The summed E-state index contributed by atoms with van der Waals surface area (Å²) in [6.07, 6.45) is 3.58. The molecule has 0 bridgehead atoms. The first-order valence-electron chi connectivity index (χ1n) is 7.05. The summed E-state index contributed by atoms with van der Waals surface area (Å²) in [5.74, 6) is 0. The second kappa shape index (κ2) is 8.38. The van der Waals surface area contributed by atoms with Crippen molar-refractivity contribution in [3.63, 3.8) is 0 Å². The van der Waals surface area contributed by atoms with E-state index in [0.717, 1.165) is 18.5 Å². The molecular weight excluding hydrogens is 252 g/mol. The number of rotatable bonds is 7. The highest BCUT2D eigenvalue weighted by Gasteiger charge is 2.12. The van der Waals surface area contributed by atoms with Crippen molar-refractivity contribution >= 4 is 11.7 Å². The number of carbonyl (C=O) groups is 1. The van der Waals surface area contributed by atoms with Gasteiger partial charge in [-0.2, -0.15) is 0 Å². The van der Waals surface area contributed by atoms with E-state index < -0.39 is 0 Å². The van der Waals surface area contributed by atoms with E-state index in [1.165, 1.54) is 16.0 Å². The minimum absolute atomic E-state index is 0.0593. The largest absolute Gasteiger partial charge is 0.395 e. The van der Waals surface area contributed by atoms with Gasteiger partial charge in [-0.25, -0.2) is 4.79 Å². The molecule has 0 aliphatic heterocycles. The third kappa shape index (κ3) is 4.38. The highest BCUT2D eigenvalue weighted by molar-refractivity contribution is 5.89. The molecule has 1 aromatic carbocycles. The summed E-state index contributed by atoms with van der Waals surface area (Å²) in [6.45, 7) is 8.51. The zero-order valence-electron chi connectivity index (χ0n) is 12.4. The third-order valence-electron chi connectivity index (χ3n) is 3.23. The summed E-state index contributed by atoms with van der Waals surface area (Å²) >= 11 is 0. The Morgan fingerprint density at radius 2 is 2.05 bits per heavy atom. The smallest absolute Gasteiger partial charge is 0.322 e. The van der Waals surface area contributed by atoms with Crippen molar-refractivity contribution in [1.29, 1.82) is 0 Å². The predicted octanol–water partition coefficient (Wildman–Crippen LogP) is 2.82. The fraction of sp³-hybridized carbons (Fsp3) is 0.438. The van der Waals surface area contributed by atoms with E-state index >= 15 is 0 Å². The van der Waals surface area contributed by atoms with Crippen LogP contribution in [0.1, 0.15) is 25.0 Å². The lowest BCUT2D eigenvalue weighted by molar-refractivity contribution is 0.195. The van der Waals surface area contributed by atoms with Crippen LogP contribution in [0, 0.1) is 0 Å². The fourth-order valence-electron chi connectivity index (χ4n) is 2.13. The number of urea groups is 1. The standard InChI is InChI=1S/C16H24N2O2/c1-4-9-18(10-11-19)16(20)17-15-8-7-13(5-2)14(6-3)12-15/h4,7-8,12,19H,1,5-6,9-11H2,2-3H3,(H,17,20). The van der Waals surface area contributed by atoms with Crippen LogP contribution in [-0.2, 0) is 12.8 Å². The van der Waals surface area contributed by atoms with Crippen molar-refractivity contribution in [1.82, 2.24) is 4.90 Å². The van der Waals surface area contributed by atoms with Crippen LogP contribution in [0.15, 0.2) is 30.9 Å². The van der Waals surface area contributed by atoms with Crippen molar-refractivity contribution in [3.8, 4) is 0 Å². The number of hydrogen-bond acceptors (Lipinski definition) is 2. The van der Waals surface area contributed by atoms with Crippen LogP contribution >= 0.6 is 0 Å². The summed E-state index contributed by atoms with van der Waals surface area (Å²) < 4.78 is 0. The van der Waals surface area contributed by atoms with Crippen molar-refractivity contribution in [2.24, 2.45) is 0 Å². The molecule has 110 valence electrons. The number of aliphatic hydroxyl groups is 1. The zero-order chi connectivity index (χ0) is 15.0. The van der Waals surface area contributed by atoms with E-state index in [0.29, 0.717) is 13.1 Å². The van der Waals surface area contributed by atoms with Gasteiger partial charge >= 0.3 is 6.03 Å². The van der Waals surface area contributed by atoms with Crippen LogP contribution in [-0.4, -0.2) is 35.7 Å². The molecule has 2 N–H and O–H groups in total. The Labute approximate surface area is 121 Å². The molecular formula is C16H24N2O2. The van der Waals surface area contributed by atoms with Gasteiger partial charge in [-0.1, -0.05) is 26.0 Å². The van der Waals surface area contributed by atoms with E-state index in [4.69, 9.17) is 5.11 Å². The van der Waals surface area contributed by atoms with Crippen LogP contribution in [0.4, 0.5) is 10.5 Å². The van der Waals surface area contributed by atoms with Crippen molar-refractivity contribution in [2.45, 2.75) is 26.7 Å². The van der Waals surface area contributed by atoms with Gasteiger partial charge in [0.2, 0.25) is 0 Å². The van der Waals surface area contributed by atoms with Crippen molar-refractivity contribution < 1.29 is 9.90 Å². The lowest BCUT2D eigenvalue weighted by Gasteiger charge is -2.21. The maximum absolute atomic E-state index is 12.1. The number of carbonyl (C=O) groups excluding carboxylic acids is 1. The highest BCUT2D eigenvalue weighted by Crippen LogP contribution is 2.17. The number of hydrogen-bond donors (Lipinski definition) is 2. The van der Waals surface area contributed by atoms with Gasteiger partial charge in [0.15, 0.2) is 0 Å². The number of aliphatic hydroxyl groups excluding tert-OH is 1. The lowest BCUT2D eigenvalue weighted by Crippen LogP contribution is -2.37. The Kier molecular flexibility index (Phi) is 6.81. The first kappa shape index (κ1) is 16.2. The molecule has 1 aromatic rings. The van der Waals surface area contributed by atoms with E-state index in [-0.39, 0.29) is 12.6 Å². The SMILES string of the molecule is C=CCN(CCO)C(=O)Nc1ccc(CC)c(CC)c1. The maximum Gasteiger partial charge on any atom is 0.322 e. The Morgan fingerprint density at radius 3 is 2.60 bits per heavy atom. The summed E-state index contributed by atoms with van der Waals surface area (Å²) in [5.41, 5.74) is 3.35. The van der Waals surface area contributed by atoms with Crippen LogP contribution < -0.4 is 5.32 Å². The van der Waals surface area contributed by atoms with Gasteiger partial charge in [0, 0.05) is 18.8 Å². The molecule has 0 unspecified atom stereocenters. The second-order valence-corrected chi connectivity index (χ2v) is 4.58. The predicted molar refractivity (Wildman–Crippen MR) is 83.1 cm³/mol. The minimum atomic E-state index is -0.217. The molecule has 0 saturated carbocycles. The van der Waals surface area contributed by atoms with Gasteiger partial charge in [-0.3, -0.25) is 0 Å². The van der Waals surface area contributed by atoms with Gasteiger partial charge in [-0.05, 0) is 36.1 Å². The average Bonchev–Trinajstić information content (AvgIpc) is 2.46. The van der Waals surface area contributed by atoms with E-state index in [1.807, 2.05) is 12.1 Å². The molecule has 2 amide bonds. The number of nitrogens with zero attached hydrogens (tertiary/aromatic N) is 1. The summed E-state index contributed by atoms with van der Waals surface area (Å²) in [5, 5.41) is 11.8. The molecule has 0 aromatic heterocycles. The highest BCUT2D eigenvalue weighted by atomic mass is 16.3. The lowest BCUT2D eigenvalue weighted by atomic mass is 10.0. The number of amides is 2. The molecule has 0 saturated heterocycles. The van der Waals surface area contributed by atoms with Crippen molar-refractivity contribution in [2.75, 3.05) is 25.0 Å². The Morgan fingerprint density at radius 1 is 1.35 bits per heavy atom. The van der Waals surface area contributed by atoms with E-state index in [1.54, 1.807) is 6.08 Å². The molecule has 0 aliphatic rings. The van der Waals surface area contributed by atoms with E-state index in [9.17, 15) is 4.79 Å². The topological polar surface area (TPSA) is 52.6 Å². The van der Waals surface area contributed by atoms with Gasteiger partial charge in [0.05, 0.1) is 6.61 Å². The van der Waals surface area contributed by atoms with Gasteiger partial charge in [-0.15, -0.1) is 6.58 Å². The Balaban J connectivity index is 2.80. The number of benzene rings is 1. The molecule has 0 spiro atoms.